The minimum atomic E-state index is -0.116. The molecule has 1 saturated carbocycles. The molecule has 0 aliphatic heterocycles. The standard InChI is InChI=1S/C13H16ClNO/c1-9-2-3-10(8-15-13(16)7-14)6-12(9)11-4-5-11/h2-3,6,11H,4-5,7-8H2,1H3,(H,15,16). The molecule has 0 bridgehead atoms. The Balaban J connectivity index is 2.04. The van der Waals surface area contributed by atoms with E-state index in [1.54, 1.807) is 0 Å². The summed E-state index contributed by atoms with van der Waals surface area (Å²) < 4.78 is 0. The Hall–Kier alpha value is -1.02. The second-order valence-corrected chi connectivity index (χ2v) is 4.64. The third kappa shape index (κ3) is 2.76. The first-order valence-corrected chi connectivity index (χ1v) is 6.16. The van der Waals surface area contributed by atoms with Gasteiger partial charge < -0.3 is 5.32 Å². The van der Waals surface area contributed by atoms with Crippen molar-refractivity contribution in [3.63, 3.8) is 0 Å². The lowest BCUT2D eigenvalue weighted by Gasteiger charge is -2.08. The number of carbonyl (C=O) groups is 1. The van der Waals surface area contributed by atoms with Gasteiger partial charge in [-0.15, -0.1) is 11.6 Å². The quantitative estimate of drug-likeness (QED) is 0.802. The smallest absolute Gasteiger partial charge is 0.235 e. The van der Waals surface area contributed by atoms with Gasteiger partial charge in [0.1, 0.15) is 5.88 Å². The SMILES string of the molecule is Cc1ccc(CNC(=O)CCl)cc1C1CC1. The number of nitrogens with one attached hydrogen (secondary N) is 1. The van der Waals surface area contributed by atoms with Crippen molar-refractivity contribution in [3.05, 3.63) is 34.9 Å². The van der Waals surface area contributed by atoms with Gasteiger partial charge >= 0.3 is 0 Å². The summed E-state index contributed by atoms with van der Waals surface area (Å²) in [6.07, 6.45) is 2.61. The van der Waals surface area contributed by atoms with Gasteiger partial charge in [-0.1, -0.05) is 18.2 Å². The number of benzene rings is 1. The Labute approximate surface area is 101 Å². The molecular weight excluding hydrogens is 222 g/mol. The third-order valence-corrected chi connectivity index (χ3v) is 3.21. The first-order valence-electron chi connectivity index (χ1n) is 5.63. The van der Waals surface area contributed by atoms with Crippen LogP contribution in [0.2, 0.25) is 0 Å². The Bertz CT molecular complexity index is 399. The third-order valence-electron chi connectivity index (χ3n) is 2.97. The van der Waals surface area contributed by atoms with Gasteiger partial charge in [0.15, 0.2) is 0 Å². The highest BCUT2D eigenvalue weighted by Crippen LogP contribution is 2.41. The molecule has 1 N–H and O–H groups in total. The van der Waals surface area contributed by atoms with E-state index in [4.69, 9.17) is 11.6 Å². The molecule has 16 heavy (non-hydrogen) atoms. The molecular formula is C13H16ClNO. The van der Waals surface area contributed by atoms with Crippen LogP contribution in [-0.2, 0) is 11.3 Å². The summed E-state index contributed by atoms with van der Waals surface area (Å²) >= 11 is 5.42. The molecule has 1 amide bonds. The van der Waals surface area contributed by atoms with Gasteiger partial charge in [-0.25, -0.2) is 0 Å². The average Bonchev–Trinajstić information content (AvgIpc) is 3.11. The number of aryl methyl sites for hydroxylation is 1. The molecule has 2 nitrogen and oxygen atoms in total. The van der Waals surface area contributed by atoms with E-state index in [-0.39, 0.29) is 11.8 Å². The molecule has 2 rings (SSSR count). The van der Waals surface area contributed by atoms with Crippen LogP contribution in [0.4, 0.5) is 0 Å². The van der Waals surface area contributed by atoms with Crippen molar-refractivity contribution >= 4 is 17.5 Å². The summed E-state index contributed by atoms with van der Waals surface area (Å²) in [4.78, 5) is 11.0. The topological polar surface area (TPSA) is 29.1 Å². The highest BCUT2D eigenvalue weighted by molar-refractivity contribution is 6.27. The second kappa shape index (κ2) is 4.88. The number of alkyl halides is 1. The normalized spacial score (nSPS) is 14.9. The Morgan fingerprint density at radius 1 is 1.50 bits per heavy atom. The van der Waals surface area contributed by atoms with Crippen LogP contribution in [0.1, 0.15) is 35.4 Å². The molecule has 1 fully saturated rings. The fraction of sp³-hybridized carbons (Fsp3) is 0.462. The van der Waals surface area contributed by atoms with Gasteiger partial charge in [0.05, 0.1) is 0 Å². The van der Waals surface area contributed by atoms with E-state index < -0.39 is 0 Å². The summed E-state index contributed by atoms with van der Waals surface area (Å²) in [5.74, 6) is 0.667. The molecule has 0 atom stereocenters. The molecule has 0 heterocycles. The maximum atomic E-state index is 11.0. The van der Waals surface area contributed by atoms with Crippen molar-refractivity contribution < 1.29 is 4.79 Å². The van der Waals surface area contributed by atoms with Crippen molar-refractivity contribution in [1.29, 1.82) is 0 Å². The average molecular weight is 238 g/mol. The number of hydrogen-bond donors (Lipinski definition) is 1. The van der Waals surface area contributed by atoms with Crippen molar-refractivity contribution in [2.75, 3.05) is 5.88 Å². The van der Waals surface area contributed by atoms with Crippen LogP contribution < -0.4 is 5.32 Å². The van der Waals surface area contributed by atoms with Crippen molar-refractivity contribution in [3.8, 4) is 0 Å². The van der Waals surface area contributed by atoms with Crippen LogP contribution >= 0.6 is 11.6 Å². The lowest BCUT2D eigenvalue weighted by atomic mass is 10.0. The number of amides is 1. The van der Waals surface area contributed by atoms with Crippen LogP contribution in [-0.4, -0.2) is 11.8 Å². The second-order valence-electron chi connectivity index (χ2n) is 4.38. The van der Waals surface area contributed by atoms with E-state index in [2.05, 4.69) is 30.4 Å². The lowest BCUT2D eigenvalue weighted by Crippen LogP contribution is -2.23. The fourth-order valence-corrected chi connectivity index (χ4v) is 1.98. The molecule has 0 unspecified atom stereocenters. The Morgan fingerprint density at radius 2 is 2.25 bits per heavy atom. The first-order chi connectivity index (χ1) is 7.70. The summed E-state index contributed by atoms with van der Waals surface area (Å²) in [5, 5.41) is 2.78. The highest BCUT2D eigenvalue weighted by atomic mass is 35.5. The van der Waals surface area contributed by atoms with E-state index in [9.17, 15) is 4.79 Å². The van der Waals surface area contributed by atoms with Gasteiger partial charge in [0.25, 0.3) is 0 Å². The molecule has 1 aliphatic carbocycles. The molecule has 0 aromatic heterocycles. The van der Waals surface area contributed by atoms with Gasteiger partial charge in [-0.2, -0.15) is 0 Å². The fourth-order valence-electron chi connectivity index (χ4n) is 1.88. The molecule has 0 saturated heterocycles. The number of carbonyl (C=O) groups excluding carboxylic acids is 1. The van der Waals surface area contributed by atoms with Crippen LogP contribution in [0.25, 0.3) is 0 Å². The summed E-state index contributed by atoms with van der Waals surface area (Å²) in [6.45, 7) is 2.72. The molecule has 0 spiro atoms. The van der Waals surface area contributed by atoms with E-state index in [0.29, 0.717) is 6.54 Å². The molecule has 1 aromatic rings. The molecule has 3 heteroatoms. The zero-order valence-corrected chi connectivity index (χ0v) is 10.2. The van der Waals surface area contributed by atoms with E-state index in [0.717, 1.165) is 11.5 Å². The van der Waals surface area contributed by atoms with Gasteiger partial charge in [0.2, 0.25) is 5.91 Å². The molecule has 1 aliphatic rings. The van der Waals surface area contributed by atoms with E-state index in [1.807, 2.05) is 0 Å². The van der Waals surface area contributed by atoms with Gasteiger partial charge in [-0.05, 0) is 42.4 Å². The zero-order chi connectivity index (χ0) is 11.5. The van der Waals surface area contributed by atoms with Crippen LogP contribution in [0, 0.1) is 6.92 Å². The number of rotatable bonds is 4. The Morgan fingerprint density at radius 3 is 2.88 bits per heavy atom. The zero-order valence-electron chi connectivity index (χ0n) is 9.42. The van der Waals surface area contributed by atoms with Gasteiger partial charge in [-0.3, -0.25) is 4.79 Å². The van der Waals surface area contributed by atoms with E-state index in [1.165, 1.54) is 24.0 Å². The van der Waals surface area contributed by atoms with E-state index >= 15 is 0 Å². The summed E-state index contributed by atoms with van der Waals surface area (Å²) in [5.41, 5.74) is 3.96. The largest absolute Gasteiger partial charge is 0.351 e. The molecule has 1 aromatic carbocycles. The van der Waals surface area contributed by atoms with Crippen LogP contribution in [0.3, 0.4) is 0 Å². The number of hydrogen-bond acceptors (Lipinski definition) is 1. The molecule has 0 radical (unpaired) electrons. The summed E-state index contributed by atoms with van der Waals surface area (Å²) in [6, 6.07) is 6.41. The monoisotopic (exact) mass is 237 g/mol. The maximum absolute atomic E-state index is 11.0. The van der Waals surface area contributed by atoms with Crippen molar-refractivity contribution in [1.82, 2.24) is 5.32 Å². The Kier molecular flexibility index (Phi) is 3.49. The predicted molar refractivity (Wildman–Crippen MR) is 65.7 cm³/mol. The predicted octanol–water partition coefficient (Wildman–Crippen LogP) is 2.73. The first kappa shape index (κ1) is 11.5. The minimum absolute atomic E-state index is 0.0291. The van der Waals surface area contributed by atoms with Gasteiger partial charge in [0, 0.05) is 6.54 Å². The van der Waals surface area contributed by atoms with Crippen molar-refractivity contribution in [2.24, 2.45) is 0 Å². The van der Waals surface area contributed by atoms with Crippen LogP contribution in [0.5, 0.6) is 0 Å². The minimum Gasteiger partial charge on any atom is -0.351 e. The maximum Gasteiger partial charge on any atom is 0.235 e. The summed E-state index contributed by atoms with van der Waals surface area (Å²) in [7, 11) is 0. The van der Waals surface area contributed by atoms with Crippen molar-refractivity contribution in [2.45, 2.75) is 32.2 Å². The molecule has 86 valence electrons. The number of halogens is 1. The highest BCUT2D eigenvalue weighted by Gasteiger charge is 2.24. The lowest BCUT2D eigenvalue weighted by molar-refractivity contribution is -0.118. The van der Waals surface area contributed by atoms with Crippen LogP contribution in [0.15, 0.2) is 18.2 Å².